The summed E-state index contributed by atoms with van der Waals surface area (Å²) in [6.07, 6.45) is 0. The van der Waals surface area contributed by atoms with E-state index in [1.54, 1.807) is 0 Å². The van der Waals surface area contributed by atoms with Gasteiger partial charge in [-0.15, -0.1) is 9.36 Å². The Bertz CT molecular complexity index is 914. The Kier molecular flexibility index (Phi) is 4.06. The SMILES string of the molecule is Cc1ccc(Cn2n[n+](Cc3ccc(C)cc3)c3ccccc32)cc1. The first kappa shape index (κ1) is 15.6. The molecule has 3 nitrogen and oxygen atoms in total. The van der Waals surface area contributed by atoms with Crippen LogP contribution in [0.4, 0.5) is 0 Å². The number of hydrogen-bond donors (Lipinski definition) is 0. The maximum Gasteiger partial charge on any atom is 0.198 e. The maximum atomic E-state index is 4.86. The molecule has 0 unspecified atom stereocenters. The van der Waals surface area contributed by atoms with Gasteiger partial charge in [0.1, 0.15) is 13.1 Å². The molecule has 3 aromatic carbocycles. The zero-order valence-electron chi connectivity index (χ0n) is 14.7. The van der Waals surface area contributed by atoms with Crippen molar-refractivity contribution in [1.29, 1.82) is 0 Å². The van der Waals surface area contributed by atoms with Crippen molar-refractivity contribution in [2.24, 2.45) is 0 Å². The van der Waals surface area contributed by atoms with E-state index in [-0.39, 0.29) is 0 Å². The van der Waals surface area contributed by atoms with Crippen LogP contribution in [-0.4, -0.2) is 9.90 Å². The number of hydrogen-bond acceptors (Lipinski definition) is 1. The largest absolute Gasteiger partial charge is 0.198 e. The molecule has 0 saturated carbocycles. The van der Waals surface area contributed by atoms with Gasteiger partial charge in [-0.25, -0.2) is 0 Å². The van der Waals surface area contributed by atoms with Gasteiger partial charge >= 0.3 is 0 Å². The lowest BCUT2D eigenvalue weighted by Crippen LogP contribution is -2.37. The molecule has 124 valence electrons. The minimum atomic E-state index is 0.779. The highest BCUT2D eigenvalue weighted by molar-refractivity contribution is 5.70. The van der Waals surface area contributed by atoms with Crippen molar-refractivity contribution in [2.75, 3.05) is 0 Å². The Morgan fingerprint density at radius 3 is 2.04 bits per heavy atom. The molecule has 0 spiro atoms. The van der Waals surface area contributed by atoms with Crippen molar-refractivity contribution in [1.82, 2.24) is 9.90 Å². The van der Waals surface area contributed by atoms with Crippen molar-refractivity contribution in [2.45, 2.75) is 26.9 Å². The van der Waals surface area contributed by atoms with Crippen molar-refractivity contribution >= 4 is 11.0 Å². The van der Waals surface area contributed by atoms with Crippen molar-refractivity contribution in [3.05, 3.63) is 95.1 Å². The van der Waals surface area contributed by atoms with Gasteiger partial charge in [0.05, 0.1) is 5.21 Å². The quantitative estimate of drug-likeness (QED) is 0.518. The number of rotatable bonds is 4. The number of nitrogens with zero attached hydrogens (tertiary/aromatic N) is 3. The van der Waals surface area contributed by atoms with E-state index in [1.807, 2.05) is 0 Å². The minimum absolute atomic E-state index is 0.779. The third-order valence-electron chi connectivity index (χ3n) is 4.56. The molecule has 0 aliphatic carbocycles. The average molecular weight is 328 g/mol. The lowest BCUT2D eigenvalue weighted by atomic mass is 10.1. The van der Waals surface area contributed by atoms with E-state index in [2.05, 4.69) is 96.0 Å². The third kappa shape index (κ3) is 3.31. The molecule has 3 heteroatoms. The summed E-state index contributed by atoms with van der Waals surface area (Å²) < 4.78 is 4.18. The lowest BCUT2D eigenvalue weighted by Gasteiger charge is -1.98. The molecule has 4 aromatic rings. The van der Waals surface area contributed by atoms with Gasteiger partial charge in [-0.05, 0) is 37.1 Å². The van der Waals surface area contributed by atoms with Gasteiger partial charge in [0.2, 0.25) is 0 Å². The van der Waals surface area contributed by atoms with Crippen LogP contribution < -0.4 is 4.68 Å². The number of benzene rings is 3. The maximum absolute atomic E-state index is 4.86. The second kappa shape index (κ2) is 6.52. The minimum Gasteiger partial charge on any atom is -0.125 e. The summed E-state index contributed by atoms with van der Waals surface area (Å²) in [7, 11) is 0. The van der Waals surface area contributed by atoms with E-state index < -0.39 is 0 Å². The van der Waals surface area contributed by atoms with Crippen LogP contribution in [0.3, 0.4) is 0 Å². The fourth-order valence-corrected chi connectivity index (χ4v) is 3.09. The first-order valence-corrected chi connectivity index (χ1v) is 8.66. The Morgan fingerprint density at radius 1 is 0.760 bits per heavy atom. The number of para-hydroxylation sites is 2. The van der Waals surface area contributed by atoms with Gasteiger partial charge < -0.3 is 0 Å². The van der Waals surface area contributed by atoms with E-state index in [0.717, 1.165) is 24.1 Å². The van der Waals surface area contributed by atoms with Crippen LogP contribution in [-0.2, 0) is 13.1 Å². The fraction of sp³-hybridized carbons (Fsp3) is 0.182. The van der Waals surface area contributed by atoms with Crippen LogP contribution >= 0.6 is 0 Å². The highest BCUT2D eigenvalue weighted by Gasteiger charge is 2.18. The summed E-state index contributed by atoms with van der Waals surface area (Å²) >= 11 is 0. The highest BCUT2D eigenvalue weighted by Crippen LogP contribution is 2.13. The standard InChI is InChI=1S/C22H22N3/c1-17-7-11-19(12-8-17)15-24-21-5-3-4-6-22(21)25(23-24)16-20-13-9-18(2)10-14-20/h3-14H,15-16H2,1-2H3/q+1. The molecule has 1 heterocycles. The first-order valence-electron chi connectivity index (χ1n) is 8.66. The molecule has 0 saturated heterocycles. The summed E-state index contributed by atoms with van der Waals surface area (Å²) in [5.41, 5.74) is 7.42. The van der Waals surface area contributed by atoms with Gasteiger partial charge in [0.25, 0.3) is 0 Å². The molecule has 1 aromatic heterocycles. The molecule has 0 aliphatic heterocycles. The fourth-order valence-electron chi connectivity index (χ4n) is 3.09. The molecule has 0 atom stereocenters. The van der Waals surface area contributed by atoms with Crippen molar-refractivity contribution in [3.63, 3.8) is 0 Å². The summed E-state index contributed by atoms with van der Waals surface area (Å²) in [6.45, 7) is 5.79. The molecular formula is C22H22N3+. The number of fused-ring (bicyclic) bond motifs is 1. The summed E-state index contributed by atoms with van der Waals surface area (Å²) in [5, 5.41) is 4.86. The van der Waals surface area contributed by atoms with Crippen LogP contribution in [0.1, 0.15) is 22.3 Å². The van der Waals surface area contributed by atoms with Crippen molar-refractivity contribution in [3.8, 4) is 0 Å². The topological polar surface area (TPSA) is 21.7 Å². The molecule has 4 rings (SSSR count). The van der Waals surface area contributed by atoms with Gasteiger partial charge in [0, 0.05) is 0 Å². The monoisotopic (exact) mass is 328 g/mol. The van der Waals surface area contributed by atoms with Gasteiger partial charge in [0.15, 0.2) is 11.0 Å². The molecule has 0 radical (unpaired) electrons. The molecule has 0 fully saturated rings. The molecular weight excluding hydrogens is 306 g/mol. The van der Waals surface area contributed by atoms with Gasteiger partial charge in [-0.3, -0.25) is 0 Å². The van der Waals surface area contributed by atoms with Crippen LogP contribution in [0.2, 0.25) is 0 Å². The van der Waals surface area contributed by atoms with E-state index in [9.17, 15) is 0 Å². The normalized spacial score (nSPS) is 11.1. The van der Waals surface area contributed by atoms with E-state index in [1.165, 1.54) is 22.3 Å². The Morgan fingerprint density at radius 2 is 1.36 bits per heavy atom. The van der Waals surface area contributed by atoms with E-state index in [0.29, 0.717) is 0 Å². The Balaban J connectivity index is 1.70. The zero-order valence-corrected chi connectivity index (χ0v) is 14.7. The molecule has 0 aliphatic rings. The summed E-state index contributed by atoms with van der Waals surface area (Å²) in [6, 6.07) is 25.8. The molecule has 0 N–H and O–H groups in total. The molecule has 25 heavy (non-hydrogen) atoms. The summed E-state index contributed by atoms with van der Waals surface area (Å²) in [4.78, 5) is 0. The molecule has 0 bridgehead atoms. The van der Waals surface area contributed by atoms with Crippen LogP contribution in [0.15, 0.2) is 72.8 Å². The second-order valence-electron chi connectivity index (χ2n) is 6.66. The van der Waals surface area contributed by atoms with Gasteiger partial charge in [-0.1, -0.05) is 71.8 Å². The van der Waals surface area contributed by atoms with Crippen molar-refractivity contribution < 1.29 is 4.68 Å². The Hall–Kier alpha value is -2.94. The predicted octanol–water partition coefficient (Wildman–Crippen LogP) is 4.04. The average Bonchev–Trinajstić information content (AvgIpc) is 2.97. The van der Waals surface area contributed by atoms with Crippen LogP contribution in [0.25, 0.3) is 11.0 Å². The summed E-state index contributed by atoms with van der Waals surface area (Å²) in [5.74, 6) is 0. The smallest absolute Gasteiger partial charge is 0.125 e. The number of aryl methyl sites for hydroxylation is 2. The zero-order chi connectivity index (χ0) is 17.2. The molecule has 0 amide bonds. The van der Waals surface area contributed by atoms with E-state index >= 15 is 0 Å². The Labute approximate surface area is 148 Å². The first-order chi connectivity index (χ1) is 12.2. The predicted molar refractivity (Wildman–Crippen MR) is 100 cm³/mol. The highest BCUT2D eigenvalue weighted by atomic mass is 15.5. The second-order valence-corrected chi connectivity index (χ2v) is 6.66. The van der Waals surface area contributed by atoms with Gasteiger partial charge in [-0.2, -0.15) is 0 Å². The third-order valence-corrected chi connectivity index (χ3v) is 4.56. The van der Waals surface area contributed by atoms with Crippen LogP contribution in [0, 0.1) is 13.8 Å². The van der Waals surface area contributed by atoms with E-state index in [4.69, 9.17) is 5.21 Å². The van der Waals surface area contributed by atoms with Crippen LogP contribution in [0.5, 0.6) is 0 Å². The lowest BCUT2D eigenvalue weighted by molar-refractivity contribution is -0.724. The number of aromatic nitrogens is 3.